The molecule has 0 amide bonds. The third-order valence-corrected chi connectivity index (χ3v) is 3.20. The molecule has 0 saturated heterocycles. The Kier molecular flexibility index (Phi) is 13.1. The summed E-state index contributed by atoms with van der Waals surface area (Å²) in [6, 6.07) is 0. The van der Waals surface area contributed by atoms with Crippen LogP contribution < -0.4 is 0 Å². The molecule has 0 aliphatic carbocycles. The minimum absolute atomic E-state index is 0.179. The first-order valence-electron chi connectivity index (χ1n) is 7.51. The van der Waals surface area contributed by atoms with E-state index in [2.05, 4.69) is 4.74 Å². The van der Waals surface area contributed by atoms with Crippen molar-refractivity contribution in [2.45, 2.75) is 77.0 Å². The van der Waals surface area contributed by atoms with E-state index < -0.39 is 11.9 Å². The predicted molar refractivity (Wildman–Crippen MR) is 75.2 cm³/mol. The highest BCUT2D eigenvalue weighted by Gasteiger charge is 2.01. The van der Waals surface area contributed by atoms with Crippen LogP contribution in [0.25, 0.3) is 0 Å². The molecule has 0 spiro atoms. The van der Waals surface area contributed by atoms with Crippen LogP contribution >= 0.6 is 0 Å². The molecule has 20 heavy (non-hydrogen) atoms. The van der Waals surface area contributed by atoms with Crippen LogP contribution in [0.15, 0.2) is 0 Å². The van der Waals surface area contributed by atoms with Crippen molar-refractivity contribution in [1.29, 1.82) is 0 Å². The van der Waals surface area contributed by atoms with Crippen molar-refractivity contribution in [3.05, 3.63) is 0 Å². The zero-order chi connectivity index (χ0) is 15.1. The lowest BCUT2D eigenvalue weighted by Crippen LogP contribution is -2.01. The van der Waals surface area contributed by atoms with Gasteiger partial charge in [0.1, 0.15) is 0 Å². The first-order valence-corrected chi connectivity index (χ1v) is 7.51. The van der Waals surface area contributed by atoms with E-state index in [4.69, 9.17) is 5.11 Å². The van der Waals surface area contributed by atoms with Crippen LogP contribution in [-0.2, 0) is 19.1 Å². The molecule has 5 heteroatoms. The number of hydrogen-bond acceptors (Lipinski definition) is 4. The van der Waals surface area contributed by atoms with E-state index in [1.807, 2.05) is 0 Å². The second kappa shape index (κ2) is 14.0. The first kappa shape index (κ1) is 18.6. The number of carbonyl (C=O) groups excluding carboxylic acids is 2. The van der Waals surface area contributed by atoms with E-state index in [1.54, 1.807) is 0 Å². The Morgan fingerprint density at radius 1 is 0.750 bits per heavy atom. The average molecular weight is 286 g/mol. The standard InChI is InChI=1S/C15H26O5/c16-13-20-15(19)12-10-8-6-4-2-1-3-5-7-9-11-14(17)18/h13H,1-12H2,(H,17,18). The van der Waals surface area contributed by atoms with E-state index in [0.29, 0.717) is 6.42 Å². The van der Waals surface area contributed by atoms with Crippen molar-refractivity contribution in [1.82, 2.24) is 0 Å². The minimum atomic E-state index is -0.706. The van der Waals surface area contributed by atoms with Crippen LogP contribution in [0.1, 0.15) is 77.0 Å². The quantitative estimate of drug-likeness (QED) is 0.229. The number of carbonyl (C=O) groups is 3. The maximum Gasteiger partial charge on any atom is 0.313 e. The highest BCUT2D eigenvalue weighted by molar-refractivity contribution is 5.76. The lowest BCUT2D eigenvalue weighted by Gasteiger charge is -2.02. The van der Waals surface area contributed by atoms with Gasteiger partial charge in [0.2, 0.25) is 0 Å². The van der Waals surface area contributed by atoms with Gasteiger partial charge >= 0.3 is 18.4 Å². The monoisotopic (exact) mass is 286 g/mol. The van der Waals surface area contributed by atoms with Gasteiger partial charge in [0.05, 0.1) is 0 Å². The van der Waals surface area contributed by atoms with E-state index in [1.165, 1.54) is 19.3 Å². The molecular weight excluding hydrogens is 260 g/mol. The van der Waals surface area contributed by atoms with Crippen molar-refractivity contribution < 1.29 is 24.2 Å². The number of hydrogen-bond donors (Lipinski definition) is 1. The number of rotatable bonds is 14. The van der Waals surface area contributed by atoms with Gasteiger partial charge in [0.15, 0.2) is 0 Å². The molecule has 0 radical (unpaired) electrons. The molecule has 0 unspecified atom stereocenters. The van der Waals surface area contributed by atoms with Crippen LogP contribution in [0.5, 0.6) is 0 Å². The normalized spacial score (nSPS) is 10.2. The van der Waals surface area contributed by atoms with Gasteiger partial charge in [-0.15, -0.1) is 0 Å². The number of carboxylic acid groups (broad SMARTS) is 1. The van der Waals surface area contributed by atoms with Gasteiger partial charge in [-0.3, -0.25) is 14.4 Å². The van der Waals surface area contributed by atoms with Crippen LogP contribution in [0.3, 0.4) is 0 Å². The summed E-state index contributed by atoms with van der Waals surface area (Å²) in [5, 5.41) is 8.48. The molecule has 0 aliphatic heterocycles. The van der Waals surface area contributed by atoms with Crippen molar-refractivity contribution in [2.24, 2.45) is 0 Å². The van der Waals surface area contributed by atoms with Crippen molar-refractivity contribution in [3.8, 4) is 0 Å². The number of ether oxygens (including phenoxy) is 1. The molecule has 0 aromatic heterocycles. The molecule has 1 N–H and O–H groups in total. The summed E-state index contributed by atoms with van der Waals surface area (Å²) in [5.74, 6) is -1.15. The Balaban J connectivity index is 3.08. The second-order valence-electron chi connectivity index (χ2n) is 5.02. The summed E-state index contributed by atoms with van der Waals surface area (Å²) >= 11 is 0. The largest absolute Gasteiger partial charge is 0.481 e. The fraction of sp³-hybridized carbons (Fsp3) is 0.800. The van der Waals surface area contributed by atoms with Crippen LogP contribution in [0, 0.1) is 0 Å². The first-order chi connectivity index (χ1) is 9.66. The van der Waals surface area contributed by atoms with Gasteiger partial charge in [-0.05, 0) is 12.8 Å². The van der Waals surface area contributed by atoms with Gasteiger partial charge < -0.3 is 9.84 Å². The molecule has 0 saturated carbocycles. The van der Waals surface area contributed by atoms with Crippen LogP contribution in [0.4, 0.5) is 0 Å². The maximum absolute atomic E-state index is 10.9. The third-order valence-electron chi connectivity index (χ3n) is 3.20. The lowest BCUT2D eigenvalue weighted by molar-refractivity contribution is -0.151. The van der Waals surface area contributed by atoms with Gasteiger partial charge in [-0.2, -0.15) is 0 Å². The zero-order valence-corrected chi connectivity index (χ0v) is 12.1. The average Bonchev–Trinajstić information content (AvgIpc) is 2.40. The Morgan fingerprint density at radius 2 is 1.15 bits per heavy atom. The third kappa shape index (κ3) is 14.7. The summed E-state index contributed by atoms with van der Waals surface area (Å²) in [6.45, 7) is 0.179. The Bertz CT molecular complexity index is 275. The molecule has 0 aromatic rings. The maximum atomic E-state index is 10.9. The molecule has 0 fully saturated rings. The molecule has 116 valence electrons. The van der Waals surface area contributed by atoms with Crippen molar-refractivity contribution >= 4 is 18.4 Å². The van der Waals surface area contributed by atoms with E-state index >= 15 is 0 Å². The fourth-order valence-electron chi connectivity index (χ4n) is 2.07. The highest BCUT2D eigenvalue weighted by Crippen LogP contribution is 2.12. The highest BCUT2D eigenvalue weighted by atomic mass is 16.6. The number of unbranched alkanes of at least 4 members (excludes halogenated alkanes) is 9. The lowest BCUT2D eigenvalue weighted by atomic mass is 10.1. The van der Waals surface area contributed by atoms with Crippen molar-refractivity contribution in [2.75, 3.05) is 0 Å². The van der Waals surface area contributed by atoms with Gasteiger partial charge in [0.25, 0.3) is 0 Å². The number of esters is 1. The van der Waals surface area contributed by atoms with Crippen LogP contribution in [-0.4, -0.2) is 23.5 Å². The topological polar surface area (TPSA) is 80.7 Å². The second-order valence-corrected chi connectivity index (χ2v) is 5.02. The van der Waals surface area contributed by atoms with E-state index in [-0.39, 0.29) is 12.9 Å². The number of aliphatic carboxylic acids is 1. The summed E-state index contributed by atoms with van der Waals surface area (Å²) in [7, 11) is 0. The Hall–Kier alpha value is -1.39. The fourth-order valence-corrected chi connectivity index (χ4v) is 2.07. The molecule has 0 bridgehead atoms. The van der Waals surface area contributed by atoms with Gasteiger partial charge in [-0.25, -0.2) is 0 Å². The summed E-state index contributed by atoms with van der Waals surface area (Å²) in [6.07, 6.45) is 11.1. The summed E-state index contributed by atoms with van der Waals surface area (Å²) < 4.78 is 4.19. The summed E-state index contributed by atoms with van der Waals surface area (Å²) in [5.41, 5.74) is 0. The SMILES string of the molecule is O=COC(=O)CCCCCCCCCCCCC(=O)O. The molecule has 5 nitrogen and oxygen atoms in total. The van der Waals surface area contributed by atoms with Gasteiger partial charge in [0, 0.05) is 12.8 Å². The summed E-state index contributed by atoms with van der Waals surface area (Å²) in [4.78, 5) is 31.0. The van der Waals surface area contributed by atoms with Crippen LogP contribution in [0.2, 0.25) is 0 Å². The molecule has 0 aromatic carbocycles. The molecule has 0 rings (SSSR count). The minimum Gasteiger partial charge on any atom is -0.481 e. The Labute approximate surface area is 120 Å². The molecular formula is C15H26O5. The zero-order valence-electron chi connectivity index (χ0n) is 12.1. The molecule has 0 atom stereocenters. The van der Waals surface area contributed by atoms with Crippen molar-refractivity contribution in [3.63, 3.8) is 0 Å². The molecule has 0 aliphatic rings. The molecule has 0 heterocycles. The predicted octanol–water partition coefficient (Wildman–Crippen LogP) is 3.45. The van der Waals surface area contributed by atoms with E-state index in [9.17, 15) is 14.4 Å². The Morgan fingerprint density at radius 3 is 1.55 bits per heavy atom. The smallest absolute Gasteiger partial charge is 0.313 e. The van der Waals surface area contributed by atoms with E-state index in [0.717, 1.165) is 44.9 Å². The van der Waals surface area contributed by atoms with Gasteiger partial charge in [-0.1, -0.05) is 51.4 Å². The number of carboxylic acids is 1.